The van der Waals surface area contributed by atoms with E-state index in [2.05, 4.69) is 31.2 Å². The fraction of sp³-hybridized carbons (Fsp3) is 0.571. The number of hydrogen-bond acceptors (Lipinski definition) is 2. The van der Waals surface area contributed by atoms with E-state index in [1.807, 2.05) is 0 Å². The average Bonchev–Trinajstić information content (AvgIpc) is 2.30. The molecule has 86 valence electrons. The molecular formula is C14H19NO. The number of rotatable bonds is 0. The highest BCUT2D eigenvalue weighted by Gasteiger charge is 2.58. The molecule has 0 aliphatic heterocycles. The molecule has 0 amide bonds. The third-order valence-electron chi connectivity index (χ3n) is 4.80. The lowest BCUT2D eigenvalue weighted by molar-refractivity contribution is 0.0441. The molecule has 0 aromatic heterocycles. The Bertz CT molecular complexity index is 416. The Morgan fingerprint density at radius 2 is 1.75 bits per heavy atom. The van der Waals surface area contributed by atoms with Crippen molar-refractivity contribution in [3.8, 4) is 0 Å². The highest BCUT2D eigenvalue weighted by Crippen LogP contribution is 2.59. The normalized spacial score (nSPS) is 41.6. The topological polar surface area (TPSA) is 46.2 Å². The van der Waals surface area contributed by atoms with Gasteiger partial charge in [0, 0.05) is 11.0 Å². The Kier molecular flexibility index (Phi) is 1.99. The van der Waals surface area contributed by atoms with E-state index in [9.17, 15) is 5.11 Å². The van der Waals surface area contributed by atoms with Gasteiger partial charge in [0.05, 0.1) is 6.10 Å². The van der Waals surface area contributed by atoms with Gasteiger partial charge in [0.15, 0.2) is 0 Å². The fourth-order valence-electron chi connectivity index (χ4n) is 3.71. The second-order valence-corrected chi connectivity index (χ2v) is 5.56. The van der Waals surface area contributed by atoms with Gasteiger partial charge >= 0.3 is 0 Å². The van der Waals surface area contributed by atoms with Crippen molar-refractivity contribution in [3.63, 3.8) is 0 Å². The second-order valence-electron chi connectivity index (χ2n) is 5.56. The van der Waals surface area contributed by atoms with Crippen LogP contribution in [0.1, 0.15) is 43.7 Å². The molecule has 2 aliphatic carbocycles. The van der Waals surface area contributed by atoms with Crippen molar-refractivity contribution < 1.29 is 5.11 Å². The zero-order valence-corrected chi connectivity index (χ0v) is 9.74. The smallest absolute Gasteiger partial charge is 0.0541 e. The van der Waals surface area contributed by atoms with Gasteiger partial charge in [0.2, 0.25) is 0 Å². The molecule has 3 N–H and O–H groups in total. The van der Waals surface area contributed by atoms with Crippen molar-refractivity contribution in [2.75, 3.05) is 0 Å². The summed E-state index contributed by atoms with van der Waals surface area (Å²) in [5.74, 6) is 0. The monoisotopic (exact) mass is 217 g/mol. The van der Waals surface area contributed by atoms with Gasteiger partial charge in [-0.15, -0.1) is 0 Å². The largest absolute Gasteiger partial charge is 0.393 e. The standard InChI is InChI=1S/C14H19NO/c1-13(15)11-4-2-3-5-12(11)14(13)8-6-10(16)7-9-14/h2-5,10,16H,6-9,15H2,1H3. The first-order valence-electron chi connectivity index (χ1n) is 6.15. The predicted octanol–water partition coefficient (Wildman–Crippen LogP) is 2.05. The molecule has 1 spiro atoms. The summed E-state index contributed by atoms with van der Waals surface area (Å²) in [5, 5.41) is 9.64. The van der Waals surface area contributed by atoms with Crippen LogP contribution in [0.2, 0.25) is 0 Å². The van der Waals surface area contributed by atoms with E-state index in [0.29, 0.717) is 0 Å². The van der Waals surface area contributed by atoms with Gasteiger partial charge in [0.1, 0.15) is 0 Å². The minimum Gasteiger partial charge on any atom is -0.393 e. The van der Waals surface area contributed by atoms with Gasteiger partial charge in [-0.1, -0.05) is 24.3 Å². The molecule has 16 heavy (non-hydrogen) atoms. The zero-order chi connectivity index (χ0) is 11.4. The van der Waals surface area contributed by atoms with Gasteiger partial charge in [0.25, 0.3) is 0 Å². The molecule has 2 aliphatic rings. The Morgan fingerprint density at radius 3 is 2.38 bits per heavy atom. The molecule has 1 fully saturated rings. The van der Waals surface area contributed by atoms with E-state index >= 15 is 0 Å². The van der Waals surface area contributed by atoms with Crippen LogP contribution in [0.5, 0.6) is 0 Å². The van der Waals surface area contributed by atoms with Crippen molar-refractivity contribution in [1.29, 1.82) is 0 Å². The first-order valence-corrected chi connectivity index (χ1v) is 6.15. The maximum absolute atomic E-state index is 9.64. The van der Waals surface area contributed by atoms with E-state index in [0.717, 1.165) is 25.7 Å². The minimum absolute atomic E-state index is 0.116. The fourth-order valence-corrected chi connectivity index (χ4v) is 3.71. The number of fused-ring (bicyclic) bond motifs is 2. The van der Waals surface area contributed by atoms with E-state index in [1.165, 1.54) is 11.1 Å². The predicted molar refractivity (Wildman–Crippen MR) is 64.1 cm³/mol. The van der Waals surface area contributed by atoms with E-state index < -0.39 is 0 Å². The first-order chi connectivity index (χ1) is 7.58. The summed E-state index contributed by atoms with van der Waals surface area (Å²) >= 11 is 0. The average molecular weight is 217 g/mol. The van der Waals surface area contributed by atoms with Crippen LogP contribution in [-0.2, 0) is 11.0 Å². The third kappa shape index (κ3) is 1.04. The van der Waals surface area contributed by atoms with Crippen LogP contribution < -0.4 is 5.73 Å². The second kappa shape index (κ2) is 3.08. The molecule has 1 aromatic rings. The van der Waals surface area contributed by atoms with Gasteiger partial charge in [-0.25, -0.2) is 0 Å². The van der Waals surface area contributed by atoms with E-state index in [-0.39, 0.29) is 17.1 Å². The lowest BCUT2D eigenvalue weighted by Gasteiger charge is -2.59. The quantitative estimate of drug-likeness (QED) is 0.698. The number of aliphatic hydroxyl groups is 1. The van der Waals surface area contributed by atoms with E-state index in [4.69, 9.17) is 5.73 Å². The lowest BCUT2D eigenvalue weighted by Crippen LogP contribution is -2.63. The molecule has 2 nitrogen and oxygen atoms in total. The molecule has 3 rings (SSSR count). The number of hydrogen-bond donors (Lipinski definition) is 2. The van der Waals surface area contributed by atoms with Crippen LogP contribution in [0, 0.1) is 0 Å². The first kappa shape index (κ1) is 10.3. The summed E-state index contributed by atoms with van der Waals surface area (Å²) in [4.78, 5) is 0. The van der Waals surface area contributed by atoms with Gasteiger partial charge in [-0.3, -0.25) is 0 Å². The van der Waals surface area contributed by atoms with Crippen molar-refractivity contribution in [2.24, 2.45) is 5.73 Å². The van der Waals surface area contributed by atoms with Crippen LogP contribution in [0.25, 0.3) is 0 Å². The number of aliphatic hydroxyl groups excluding tert-OH is 1. The number of benzene rings is 1. The highest BCUT2D eigenvalue weighted by molar-refractivity contribution is 5.53. The summed E-state index contributed by atoms with van der Waals surface area (Å²) in [6, 6.07) is 8.52. The Hall–Kier alpha value is -0.860. The SMILES string of the molecule is CC1(N)c2ccccc2C12CCC(O)CC2. The molecule has 0 heterocycles. The van der Waals surface area contributed by atoms with Gasteiger partial charge in [-0.2, -0.15) is 0 Å². The minimum atomic E-state index is -0.205. The molecule has 0 radical (unpaired) electrons. The lowest BCUT2D eigenvalue weighted by atomic mass is 9.47. The van der Waals surface area contributed by atoms with Crippen molar-refractivity contribution in [2.45, 2.75) is 49.7 Å². The van der Waals surface area contributed by atoms with Gasteiger partial charge < -0.3 is 10.8 Å². The summed E-state index contributed by atoms with van der Waals surface area (Å²) in [6.07, 6.45) is 3.72. The highest BCUT2D eigenvalue weighted by atomic mass is 16.3. The molecule has 0 saturated heterocycles. The Labute approximate surface area is 96.5 Å². The summed E-state index contributed by atoms with van der Waals surface area (Å²) < 4.78 is 0. The Morgan fingerprint density at radius 1 is 1.19 bits per heavy atom. The molecule has 1 unspecified atom stereocenters. The van der Waals surface area contributed by atoms with Crippen LogP contribution in [0.15, 0.2) is 24.3 Å². The maximum Gasteiger partial charge on any atom is 0.0541 e. The summed E-state index contributed by atoms with van der Waals surface area (Å²) in [6.45, 7) is 2.15. The molecular weight excluding hydrogens is 198 g/mol. The molecule has 0 bridgehead atoms. The van der Waals surface area contributed by atoms with Crippen LogP contribution in [0.4, 0.5) is 0 Å². The third-order valence-corrected chi connectivity index (χ3v) is 4.80. The molecule has 2 heteroatoms. The maximum atomic E-state index is 9.64. The Balaban J connectivity index is 2.04. The molecule has 1 aromatic carbocycles. The van der Waals surface area contributed by atoms with Gasteiger partial charge in [-0.05, 0) is 43.7 Å². The molecule has 1 atom stereocenters. The van der Waals surface area contributed by atoms with Crippen molar-refractivity contribution in [3.05, 3.63) is 35.4 Å². The van der Waals surface area contributed by atoms with Crippen molar-refractivity contribution in [1.82, 2.24) is 0 Å². The van der Waals surface area contributed by atoms with Crippen LogP contribution in [-0.4, -0.2) is 11.2 Å². The summed E-state index contributed by atoms with van der Waals surface area (Å²) in [7, 11) is 0. The summed E-state index contributed by atoms with van der Waals surface area (Å²) in [5.41, 5.74) is 9.15. The van der Waals surface area contributed by atoms with Crippen molar-refractivity contribution >= 4 is 0 Å². The number of nitrogens with two attached hydrogens (primary N) is 1. The van der Waals surface area contributed by atoms with Crippen LogP contribution in [0.3, 0.4) is 0 Å². The molecule has 1 saturated carbocycles. The van der Waals surface area contributed by atoms with Crippen LogP contribution >= 0.6 is 0 Å². The zero-order valence-electron chi connectivity index (χ0n) is 9.74. The van der Waals surface area contributed by atoms with E-state index in [1.54, 1.807) is 0 Å².